The number of ketones is 1. The minimum atomic E-state index is -4.06. The standard InChI is InChI=1S/C15H14N2O5S/c1-10-14(17(19)20)8-5-9-15(10)23(21,22)16-13-7-4-3-6-12(13)11(2)18/h3-9,16H,1-2H3. The van der Waals surface area contributed by atoms with Gasteiger partial charge < -0.3 is 0 Å². The summed E-state index contributed by atoms with van der Waals surface area (Å²) >= 11 is 0. The van der Waals surface area contributed by atoms with E-state index in [4.69, 9.17) is 0 Å². The molecule has 0 aliphatic heterocycles. The molecular formula is C15H14N2O5S. The third-order valence-electron chi connectivity index (χ3n) is 3.29. The Morgan fingerprint density at radius 3 is 2.39 bits per heavy atom. The van der Waals surface area contributed by atoms with Gasteiger partial charge >= 0.3 is 0 Å². The van der Waals surface area contributed by atoms with Crippen molar-refractivity contribution in [2.75, 3.05) is 4.72 Å². The number of Topliss-reactive ketones (excluding diaryl/α,β-unsaturated/α-hetero) is 1. The molecule has 2 aromatic carbocycles. The van der Waals surface area contributed by atoms with Crippen LogP contribution < -0.4 is 4.72 Å². The third kappa shape index (κ3) is 3.37. The minimum absolute atomic E-state index is 0.0327. The Bertz CT molecular complexity index is 890. The van der Waals surface area contributed by atoms with Crippen LogP contribution in [0.15, 0.2) is 47.4 Å². The molecule has 0 atom stereocenters. The molecule has 0 saturated heterocycles. The Hall–Kier alpha value is -2.74. The number of rotatable bonds is 5. The largest absolute Gasteiger partial charge is 0.294 e. The van der Waals surface area contributed by atoms with E-state index < -0.39 is 14.9 Å². The number of para-hydroxylation sites is 1. The van der Waals surface area contributed by atoms with Crippen molar-refractivity contribution in [1.82, 2.24) is 0 Å². The number of benzene rings is 2. The fraction of sp³-hybridized carbons (Fsp3) is 0.133. The molecular weight excluding hydrogens is 320 g/mol. The molecule has 1 N–H and O–H groups in total. The van der Waals surface area contributed by atoms with Gasteiger partial charge in [-0.05, 0) is 32.0 Å². The van der Waals surface area contributed by atoms with Gasteiger partial charge in [0.25, 0.3) is 15.7 Å². The first kappa shape index (κ1) is 16.6. The molecule has 0 heterocycles. The van der Waals surface area contributed by atoms with E-state index in [0.717, 1.165) is 0 Å². The summed E-state index contributed by atoms with van der Waals surface area (Å²) in [6, 6.07) is 9.98. The Morgan fingerprint density at radius 2 is 1.78 bits per heavy atom. The fourth-order valence-electron chi connectivity index (χ4n) is 2.17. The first-order chi connectivity index (χ1) is 10.7. The number of nitrogens with one attached hydrogen (secondary N) is 1. The first-order valence-electron chi connectivity index (χ1n) is 6.61. The van der Waals surface area contributed by atoms with Crippen molar-refractivity contribution in [2.45, 2.75) is 18.7 Å². The predicted octanol–water partition coefficient (Wildman–Crippen LogP) is 2.91. The van der Waals surface area contributed by atoms with Crippen molar-refractivity contribution in [2.24, 2.45) is 0 Å². The highest BCUT2D eigenvalue weighted by Gasteiger charge is 2.24. The smallest absolute Gasteiger partial charge is 0.273 e. The van der Waals surface area contributed by atoms with Gasteiger partial charge in [-0.3, -0.25) is 19.6 Å². The zero-order valence-corrected chi connectivity index (χ0v) is 13.3. The van der Waals surface area contributed by atoms with E-state index in [1.807, 2.05) is 0 Å². The Labute approximate surface area is 133 Å². The number of nitro benzene ring substituents is 1. The van der Waals surface area contributed by atoms with E-state index in [1.165, 1.54) is 44.2 Å². The molecule has 23 heavy (non-hydrogen) atoms. The van der Waals surface area contributed by atoms with Crippen LogP contribution in [0.2, 0.25) is 0 Å². The lowest BCUT2D eigenvalue weighted by molar-refractivity contribution is -0.385. The number of carbonyl (C=O) groups is 1. The molecule has 0 aromatic heterocycles. The van der Waals surface area contributed by atoms with Crippen LogP contribution >= 0.6 is 0 Å². The van der Waals surface area contributed by atoms with Crippen LogP contribution in [-0.4, -0.2) is 19.1 Å². The van der Waals surface area contributed by atoms with Gasteiger partial charge in [0.05, 0.1) is 15.5 Å². The van der Waals surface area contributed by atoms with Gasteiger partial charge in [-0.15, -0.1) is 0 Å². The molecule has 0 bridgehead atoms. The summed E-state index contributed by atoms with van der Waals surface area (Å²) < 4.78 is 27.4. The van der Waals surface area contributed by atoms with E-state index in [1.54, 1.807) is 12.1 Å². The highest BCUT2D eigenvalue weighted by molar-refractivity contribution is 7.92. The molecule has 0 saturated carbocycles. The van der Waals surface area contributed by atoms with Crippen molar-refractivity contribution in [3.05, 3.63) is 63.7 Å². The first-order valence-corrected chi connectivity index (χ1v) is 8.09. The van der Waals surface area contributed by atoms with Crippen LogP contribution in [0, 0.1) is 17.0 Å². The van der Waals surface area contributed by atoms with Crippen molar-refractivity contribution < 1.29 is 18.1 Å². The maximum Gasteiger partial charge on any atom is 0.273 e. The molecule has 0 radical (unpaired) electrons. The van der Waals surface area contributed by atoms with Crippen LogP contribution in [0.3, 0.4) is 0 Å². The minimum Gasteiger partial charge on any atom is -0.294 e. The lowest BCUT2D eigenvalue weighted by Gasteiger charge is -2.12. The van der Waals surface area contributed by atoms with Crippen LogP contribution in [0.25, 0.3) is 0 Å². The second-order valence-electron chi connectivity index (χ2n) is 4.86. The number of nitrogens with zero attached hydrogens (tertiary/aromatic N) is 1. The van der Waals surface area contributed by atoms with E-state index in [2.05, 4.69) is 4.72 Å². The molecule has 0 amide bonds. The molecule has 0 aliphatic carbocycles. The Kier molecular flexibility index (Phi) is 4.46. The van der Waals surface area contributed by atoms with Crippen molar-refractivity contribution in [3.8, 4) is 0 Å². The highest BCUT2D eigenvalue weighted by atomic mass is 32.2. The average Bonchev–Trinajstić information content (AvgIpc) is 2.46. The van der Waals surface area contributed by atoms with Crippen molar-refractivity contribution in [1.29, 1.82) is 0 Å². The van der Waals surface area contributed by atoms with Crippen LogP contribution in [0.4, 0.5) is 11.4 Å². The summed E-state index contributed by atoms with van der Waals surface area (Å²) in [6.07, 6.45) is 0. The Balaban J connectivity index is 2.51. The second-order valence-corrected chi connectivity index (χ2v) is 6.52. The maximum absolute atomic E-state index is 12.5. The van der Waals surface area contributed by atoms with Gasteiger partial charge in [-0.25, -0.2) is 8.42 Å². The SMILES string of the molecule is CC(=O)c1ccccc1NS(=O)(=O)c1cccc([N+](=O)[O-])c1C. The molecule has 7 nitrogen and oxygen atoms in total. The molecule has 120 valence electrons. The molecule has 0 aliphatic rings. The molecule has 2 aromatic rings. The maximum atomic E-state index is 12.5. The third-order valence-corrected chi connectivity index (χ3v) is 4.80. The monoisotopic (exact) mass is 334 g/mol. The number of sulfonamides is 1. The summed E-state index contributed by atoms with van der Waals surface area (Å²) in [5.74, 6) is -0.293. The Morgan fingerprint density at radius 1 is 1.13 bits per heavy atom. The fourth-order valence-corrected chi connectivity index (χ4v) is 3.51. The van der Waals surface area contributed by atoms with Crippen LogP contribution in [0.5, 0.6) is 0 Å². The lowest BCUT2D eigenvalue weighted by Crippen LogP contribution is -2.16. The molecule has 0 spiro atoms. The zero-order chi connectivity index (χ0) is 17.2. The molecule has 0 unspecified atom stereocenters. The van der Waals surface area contributed by atoms with Crippen LogP contribution in [0.1, 0.15) is 22.8 Å². The van der Waals surface area contributed by atoms with E-state index >= 15 is 0 Å². The quantitative estimate of drug-likeness (QED) is 0.514. The van der Waals surface area contributed by atoms with Gasteiger partial charge in [0, 0.05) is 17.2 Å². The van der Waals surface area contributed by atoms with Gasteiger partial charge in [0.2, 0.25) is 0 Å². The summed E-state index contributed by atoms with van der Waals surface area (Å²) in [7, 11) is -4.06. The number of carbonyl (C=O) groups excluding carboxylic acids is 1. The van der Waals surface area contributed by atoms with Crippen molar-refractivity contribution >= 4 is 27.2 Å². The predicted molar refractivity (Wildman–Crippen MR) is 85.1 cm³/mol. The van der Waals surface area contributed by atoms with E-state index in [-0.39, 0.29) is 33.2 Å². The number of hydrogen-bond acceptors (Lipinski definition) is 5. The number of anilines is 1. The topological polar surface area (TPSA) is 106 Å². The summed E-state index contributed by atoms with van der Waals surface area (Å²) in [5, 5.41) is 10.9. The number of nitro groups is 1. The van der Waals surface area contributed by atoms with Crippen molar-refractivity contribution in [3.63, 3.8) is 0 Å². The average molecular weight is 334 g/mol. The molecule has 0 fully saturated rings. The summed E-state index contributed by atoms with van der Waals surface area (Å²) in [5.41, 5.74) is 0.100. The molecule has 2 rings (SSSR count). The highest BCUT2D eigenvalue weighted by Crippen LogP contribution is 2.27. The normalized spacial score (nSPS) is 11.0. The second kappa shape index (κ2) is 6.17. The van der Waals surface area contributed by atoms with Gasteiger partial charge in [0.15, 0.2) is 5.78 Å². The van der Waals surface area contributed by atoms with E-state index in [0.29, 0.717) is 0 Å². The zero-order valence-electron chi connectivity index (χ0n) is 12.4. The van der Waals surface area contributed by atoms with E-state index in [9.17, 15) is 23.3 Å². The van der Waals surface area contributed by atoms with Crippen LogP contribution in [-0.2, 0) is 10.0 Å². The molecule has 8 heteroatoms. The summed E-state index contributed by atoms with van der Waals surface area (Å²) in [6.45, 7) is 2.69. The lowest BCUT2D eigenvalue weighted by atomic mass is 10.1. The van der Waals surface area contributed by atoms with Gasteiger partial charge in [-0.2, -0.15) is 0 Å². The van der Waals surface area contributed by atoms with Gasteiger partial charge in [0.1, 0.15) is 0 Å². The summed E-state index contributed by atoms with van der Waals surface area (Å²) in [4.78, 5) is 21.7. The van der Waals surface area contributed by atoms with Gasteiger partial charge in [-0.1, -0.05) is 18.2 Å². The number of hydrogen-bond donors (Lipinski definition) is 1.